The van der Waals surface area contributed by atoms with Gasteiger partial charge in [0.15, 0.2) is 0 Å². The second kappa shape index (κ2) is 13.0. The van der Waals surface area contributed by atoms with Gasteiger partial charge in [0.1, 0.15) is 6.10 Å². The van der Waals surface area contributed by atoms with E-state index >= 15 is 0 Å². The summed E-state index contributed by atoms with van der Waals surface area (Å²) < 4.78 is 1.65. The van der Waals surface area contributed by atoms with Gasteiger partial charge in [0, 0.05) is 30.6 Å². The van der Waals surface area contributed by atoms with Crippen LogP contribution in [0.1, 0.15) is 68.9 Å². The van der Waals surface area contributed by atoms with Crippen molar-refractivity contribution < 1.29 is 10.2 Å². The molecule has 0 radical (unpaired) electrons. The Morgan fingerprint density at radius 2 is 2.26 bits per heavy atom. The predicted molar refractivity (Wildman–Crippen MR) is 139 cm³/mol. The molecule has 1 aromatic heterocycles. The summed E-state index contributed by atoms with van der Waals surface area (Å²) in [5.41, 5.74) is 2.96. The number of allylic oxidation sites excluding steroid dienone is 6. The molecule has 0 aromatic carbocycles. The van der Waals surface area contributed by atoms with Crippen LogP contribution in [-0.4, -0.2) is 52.2 Å². The van der Waals surface area contributed by atoms with Gasteiger partial charge < -0.3 is 20.8 Å². The van der Waals surface area contributed by atoms with Crippen molar-refractivity contribution in [2.75, 3.05) is 20.2 Å². The average Bonchev–Trinajstić information content (AvgIpc) is 3.29. The minimum atomic E-state index is -0.822. The Morgan fingerprint density at radius 1 is 1.44 bits per heavy atom. The summed E-state index contributed by atoms with van der Waals surface area (Å²) in [6.45, 7) is 6.27. The minimum Gasteiger partial charge on any atom is -0.395 e. The van der Waals surface area contributed by atoms with Crippen molar-refractivity contribution in [1.29, 1.82) is 0 Å². The lowest BCUT2D eigenvalue weighted by molar-refractivity contribution is 0.151. The third-order valence-electron chi connectivity index (χ3n) is 6.69. The number of hydrogen-bond donors (Lipinski definition) is 4. The maximum Gasteiger partial charge on any atom is 0.223 e. The topological polar surface area (TPSA) is 94.7 Å². The van der Waals surface area contributed by atoms with E-state index < -0.39 is 6.10 Å². The van der Waals surface area contributed by atoms with Gasteiger partial charge in [-0.05, 0) is 56.7 Å². The molecule has 7 nitrogen and oxygen atoms in total. The summed E-state index contributed by atoms with van der Waals surface area (Å²) >= 11 is 6.16. The Labute approximate surface area is 208 Å². The first-order chi connectivity index (χ1) is 16.5. The first kappa shape index (κ1) is 26.4. The average molecular weight is 488 g/mol. The van der Waals surface area contributed by atoms with E-state index in [1.54, 1.807) is 17.9 Å². The van der Waals surface area contributed by atoms with Crippen LogP contribution in [0.25, 0.3) is 0 Å². The molecule has 1 aromatic rings. The van der Waals surface area contributed by atoms with Crippen LogP contribution in [0.2, 0.25) is 0 Å². The van der Waals surface area contributed by atoms with Crippen molar-refractivity contribution in [3.8, 4) is 0 Å². The van der Waals surface area contributed by atoms with Crippen molar-refractivity contribution in [3.05, 3.63) is 65.1 Å². The Balaban J connectivity index is 1.70. The summed E-state index contributed by atoms with van der Waals surface area (Å²) in [7, 11) is 1.67. The van der Waals surface area contributed by atoms with Gasteiger partial charge in [0.2, 0.25) is 5.96 Å². The van der Waals surface area contributed by atoms with Gasteiger partial charge in [-0.15, -0.1) is 0 Å². The summed E-state index contributed by atoms with van der Waals surface area (Å²) in [5, 5.41) is 33.0. The molecule has 2 aliphatic rings. The number of aliphatic hydroxyl groups excluding tert-OH is 2. The first-order valence-corrected chi connectivity index (χ1v) is 12.5. The second-order valence-corrected chi connectivity index (χ2v) is 9.56. The van der Waals surface area contributed by atoms with Gasteiger partial charge in [0.05, 0.1) is 18.0 Å². The quantitative estimate of drug-likeness (QED) is 0.294. The molecule has 34 heavy (non-hydrogen) atoms. The fraction of sp³-hybridized carbons (Fsp3) is 0.538. The lowest BCUT2D eigenvalue weighted by Gasteiger charge is -2.22. The summed E-state index contributed by atoms with van der Waals surface area (Å²) in [6, 6.07) is 1.86. The van der Waals surface area contributed by atoms with E-state index in [-0.39, 0.29) is 18.6 Å². The SMILES string of the molecule is C=CNC(=NC)n1nc(C2CC=C(Cl)CC2)cc1C(O)CNC(CO)CCC1=CC=CCC1C. The van der Waals surface area contributed by atoms with Gasteiger partial charge in [-0.25, -0.2) is 4.68 Å². The molecule has 3 rings (SSSR count). The van der Waals surface area contributed by atoms with Crippen LogP contribution in [0.15, 0.2) is 58.7 Å². The van der Waals surface area contributed by atoms with Crippen molar-refractivity contribution in [2.24, 2.45) is 10.9 Å². The van der Waals surface area contributed by atoms with E-state index in [0.29, 0.717) is 24.1 Å². The van der Waals surface area contributed by atoms with Crippen LogP contribution in [0, 0.1) is 5.92 Å². The number of nitrogens with zero attached hydrogens (tertiary/aromatic N) is 3. The van der Waals surface area contributed by atoms with Crippen molar-refractivity contribution >= 4 is 17.6 Å². The third kappa shape index (κ3) is 6.92. The van der Waals surface area contributed by atoms with Gasteiger partial charge in [-0.2, -0.15) is 5.10 Å². The van der Waals surface area contributed by atoms with Crippen LogP contribution in [0.4, 0.5) is 0 Å². The molecule has 186 valence electrons. The van der Waals surface area contributed by atoms with E-state index in [1.807, 2.05) is 12.1 Å². The zero-order valence-electron chi connectivity index (χ0n) is 20.3. The highest BCUT2D eigenvalue weighted by atomic mass is 35.5. The number of aromatic nitrogens is 2. The number of hydrogen-bond acceptors (Lipinski definition) is 5. The number of halogens is 1. The summed E-state index contributed by atoms with van der Waals surface area (Å²) in [6.07, 6.45) is 14.6. The zero-order valence-corrected chi connectivity index (χ0v) is 21.0. The predicted octanol–water partition coefficient (Wildman–Crippen LogP) is 4.13. The van der Waals surface area contributed by atoms with E-state index in [9.17, 15) is 10.2 Å². The van der Waals surface area contributed by atoms with Crippen LogP contribution < -0.4 is 10.6 Å². The van der Waals surface area contributed by atoms with E-state index in [0.717, 1.165) is 49.3 Å². The van der Waals surface area contributed by atoms with E-state index in [4.69, 9.17) is 16.7 Å². The van der Waals surface area contributed by atoms with Crippen LogP contribution in [-0.2, 0) is 0 Å². The number of aliphatic imine (C=N–C) groups is 1. The van der Waals surface area contributed by atoms with Gasteiger partial charge in [0.25, 0.3) is 0 Å². The molecule has 0 amide bonds. The molecule has 4 atom stereocenters. The van der Waals surface area contributed by atoms with Gasteiger partial charge in [-0.3, -0.25) is 4.99 Å². The molecular weight excluding hydrogens is 450 g/mol. The second-order valence-electron chi connectivity index (χ2n) is 9.07. The standard InChI is InChI=1S/C26H38ClN5O2/c1-4-29-26(28-3)32-24(15-23(31-32)20-9-12-21(27)13-10-20)25(34)16-30-22(17-33)14-11-19-8-6-5-7-18(19)2/h4-6,8,12,15,18,20,22,25,30,33-34H,1,7,9-11,13-14,16-17H2,2-3H3,(H,28,29). The van der Waals surface area contributed by atoms with Crippen LogP contribution in [0.5, 0.6) is 0 Å². The molecule has 4 unspecified atom stereocenters. The molecule has 0 saturated carbocycles. The molecule has 4 N–H and O–H groups in total. The molecule has 0 aliphatic heterocycles. The fourth-order valence-electron chi connectivity index (χ4n) is 4.51. The molecule has 0 saturated heterocycles. The summed E-state index contributed by atoms with van der Waals surface area (Å²) in [4.78, 5) is 4.28. The molecule has 1 heterocycles. The lowest BCUT2D eigenvalue weighted by Crippen LogP contribution is -2.37. The van der Waals surface area contributed by atoms with Crippen LogP contribution >= 0.6 is 11.6 Å². The summed E-state index contributed by atoms with van der Waals surface area (Å²) in [5.74, 6) is 1.27. The van der Waals surface area contributed by atoms with Gasteiger partial charge >= 0.3 is 0 Å². The molecule has 0 spiro atoms. The number of aliphatic hydroxyl groups is 2. The normalized spacial score (nSPS) is 22.7. The number of rotatable bonds is 10. The lowest BCUT2D eigenvalue weighted by atomic mass is 9.89. The Morgan fingerprint density at radius 3 is 2.91 bits per heavy atom. The Bertz CT molecular complexity index is 949. The van der Waals surface area contributed by atoms with Gasteiger partial charge in [-0.1, -0.05) is 55.0 Å². The number of nitrogens with one attached hydrogen (secondary N) is 2. The largest absolute Gasteiger partial charge is 0.395 e. The molecule has 2 aliphatic carbocycles. The Hall–Kier alpha value is -2.19. The molecule has 0 bridgehead atoms. The third-order valence-corrected chi connectivity index (χ3v) is 7.03. The minimum absolute atomic E-state index is 0.0174. The highest BCUT2D eigenvalue weighted by Crippen LogP contribution is 2.33. The molecule has 0 fully saturated rings. The smallest absolute Gasteiger partial charge is 0.223 e. The van der Waals surface area contributed by atoms with Crippen molar-refractivity contribution in [3.63, 3.8) is 0 Å². The van der Waals surface area contributed by atoms with Crippen LogP contribution in [0.3, 0.4) is 0 Å². The molecule has 8 heteroatoms. The highest BCUT2D eigenvalue weighted by molar-refractivity contribution is 6.29. The monoisotopic (exact) mass is 487 g/mol. The fourth-order valence-corrected chi connectivity index (χ4v) is 4.70. The maximum atomic E-state index is 11.1. The molecular formula is C26H38ClN5O2. The van der Waals surface area contributed by atoms with E-state index in [2.05, 4.69) is 47.4 Å². The first-order valence-electron chi connectivity index (χ1n) is 12.1. The van der Waals surface area contributed by atoms with Crippen molar-refractivity contribution in [1.82, 2.24) is 20.4 Å². The zero-order chi connectivity index (χ0) is 24.5. The Kier molecular flexibility index (Phi) is 10.1. The highest BCUT2D eigenvalue weighted by Gasteiger charge is 2.25. The van der Waals surface area contributed by atoms with Crippen molar-refractivity contribution in [2.45, 2.75) is 63.5 Å². The maximum absolute atomic E-state index is 11.1. The van der Waals surface area contributed by atoms with E-state index in [1.165, 1.54) is 5.57 Å².